The molecule has 1 heterocycles. The molecule has 2 aromatic rings. The molecular formula is C23H31N5O2. The van der Waals surface area contributed by atoms with Gasteiger partial charge in [-0.05, 0) is 36.8 Å². The first kappa shape index (κ1) is 21.5. The molecule has 0 unspecified atom stereocenters. The van der Waals surface area contributed by atoms with Gasteiger partial charge in [0.1, 0.15) is 5.75 Å². The number of aliphatic imine (C=N–C) groups is 1. The van der Waals surface area contributed by atoms with E-state index in [9.17, 15) is 4.79 Å². The molecule has 2 N–H and O–H groups in total. The fraction of sp³-hybridized carbons (Fsp3) is 0.391. The standard InChI is InChI=1S/C23H31N5O2/c1-4-25-23(26-17-18-7-5-8-19(15-18)22(29)24-2)28-13-11-27(12-14-28)20-9-6-10-21(16-20)30-3/h5-10,15-16H,4,11-14,17H2,1-3H3,(H,24,29)(H,25,26). The lowest BCUT2D eigenvalue weighted by atomic mass is 10.1. The fourth-order valence-corrected chi connectivity index (χ4v) is 3.53. The summed E-state index contributed by atoms with van der Waals surface area (Å²) >= 11 is 0. The normalized spacial score (nSPS) is 14.4. The summed E-state index contributed by atoms with van der Waals surface area (Å²) in [6.07, 6.45) is 0. The number of piperazine rings is 1. The molecule has 0 saturated carbocycles. The zero-order valence-electron chi connectivity index (χ0n) is 18.0. The Morgan fingerprint density at radius 2 is 1.87 bits per heavy atom. The fourth-order valence-electron chi connectivity index (χ4n) is 3.53. The van der Waals surface area contributed by atoms with Gasteiger partial charge in [-0.1, -0.05) is 18.2 Å². The molecule has 3 rings (SSSR count). The van der Waals surface area contributed by atoms with Gasteiger partial charge in [-0.2, -0.15) is 0 Å². The molecule has 0 aromatic heterocycles. The second-order valence-corrected chi connectivity index (χ2v) is 7.13. The number of benzene rings is 2. The van der Waals surface area contributed by atoms with Gasteiger partial charge in [-0.15, -0.1) is 0 Å². The molecule has 1 fully saturated rings. The number of anilines is 1. The van der Waals surface area contributed by atoms with Crippen LogP contribution >= 0.6 is 0 Å². The molecule has 0 atom stereocenters. The summed E-state index contributed by atoms with van der Waals surface area (Å²) in [5.74, 6) is 1.71. The van der Waals surface area contributed by atoms with Crippen LogP contribution in [0.5, 0.6) is 5.75 Å². The van der Waals surface area contributed by atoms with Crippen molar-refractivity contribution in [1.29, 1.82) is 0 Å². The molecule has 1 amide bonds. The Labute approximate surface area is 178 Å². The van der Waals surface area contributed by atoms with E-state index in [-0.39, 0.29) is 5.91 Å². The van der Waals surface area contributed by atoms with Crippen molar-refractivity contribution in [2.24, 2.45) is 4.99 Å². The van der Waals surface area contributed by atoms with E-state index in [0.29, 0.717) is 12.1 Å². The van der Waals surface area contributed by atoms with Gasteiger partial charge in [0, 0.05) is 57.1 Å². The summed E-state index contributed by atoms with van der Waals surface area (Å²) in [4.78, 5) is 21.3. The smallest absolute Gasteiger partial charge is 0.251 e. The third-order valence-corrected chi connectivity index (χ3v) is 5.16. The third-order valence-electron chi connectivity index (χ3n) is 5.16. The van der Waals surface area contributed by atoms with Gasteiger partial charge < -0.3 is 25.2 Å². The second-order valence-electron chi connectivity index (χ2n) is 7.13. The van der Waals surface area contributed by atoms with Crippen molar-refractivity contribution in [3.05, 3.63) is 59.7 Å². The molecule has 1 saturated heterocycles. The summed E-state index contributed by atoms with van der Waals surface area (Å²) in [6.45, 7) is 7.04. The van der Waals surface area contributed by atoms with Crippen molar-refractivity contribution in [2.45, 2.75) is 13.5 Å². The predicted octanol–water partition coefficient (Wildman–Crippen LogP) is 2.34. The molecule has 7 nitrogen and oxygen atoms in total. The number of carbonyl (C=O) groups is 1. The van der Waals surface area contributed by atoms with E-state index < -0.39 is 0 Å². The van der Waals surface area contributed by atoms with Crippen molar-refractivity contribution in [2.75, 3.05) is 51.8 Å². The van der Waals surface area contributed by atoms with E-state index in [2.05, 4.69) is 39.5 Å². The number of hydrogen-bond donors (Lipinski definition) is 2. The van der Waals surface area contributed by atoms with E-state index in [1.54, 1.807) is 14.2 Å². The summed E-state index contributed by atoms with van der Waals surface area (Å²) in [5, 5.41) is 6.06. The Morgan fingerprint density at radius 1 is 1.10 bits per heavy atom. The van der Waals surface area contributed by atoms with Gasteiger partial charge in [0.25, 0.3) is 5.91 Å². The highest BCUT2D eigenvalue weighted by Crippen LogP contribution is 2.22. The third kappa shape index (κ3) is 5.43. The molecule has 0 aliphatic carbocycles. The van der Waals surface area contributed by atoms with E-state index in [1.165, 1.54) is 5.69 Å². The lowest BCUT2D eigenvalue weighted by Gasteiger charge is -2.37. The molecule has 0 spiro atoms. The monoisotopic (exact) mass is 409 g/mol. The topological polar surface area (TPSA) is 69.2 Å². The van der Waals surface area contributed by atoms with Crippen LogP contribution in [0.4, 0.5) is 5.69 Å². The first-order valence-corrected chi connectivity index (χ1v) is 10.4. The van der Waals surface area contributed by atoms with Gasteiger partial charge in [-0.25, -0.2) is 4.99 Å². The Balaban J connectivity index is 1.65. The van der Waals surface area contributed by atoms with Crippen LogP contribution in [0.25, 0.3) is 0 Å². The minimum Gasteiger partial charge on any atom is -0.497 e. The van der Waals surface area contributed by atoms with Gasteiger partial charge in [0.15, 0.2) is 5.96 Å². The number of rotatable bonds is 6. The number of guanidine groups is 1. The van der Waals surface area contributed by atoms with Crippen LogP contribution in [0.15, 0.2) is 53.5 Å². The highest BCUT2D eigenvalue weighted by atomic mass is 16.5. The molecule has 0 radical (unpaired) electrons. The molecule has 1 aliphatic heterocycles. The second kappa shape index (κ2) is 10.5. The maximum Gasteiger partial charge on any atom is 0.251 e. The van der Waals surface area contributed by atoms with Crippen molar-refractivity contribution in [1.82, 2.24) is 15.5 Å². The van der Waals surface area contributed by atoms with Crippen LogP contribution in [0.1, 0.15) is 22.8 Å². The average Bonchev–Trinajstić information content (AvgIpc) is 2.81. The quantitative estimate of drug-likeness (QED) is 0.566. The van der Waals surface area contributed by atoms with Crippen LogP contribution in [0.3, 0.4) is 0 Å². The highest BCUT2D eigenvalue weighted by Gasteiger charge is 2.20. The first-order chi connectivity index (χ1) is 14.6. The number of methoxy groups -OCH3 is 1. The van der Waals surface area contributed by atoms with Gasteiger partial charge in [-0.3, -0.25) is 4.79 Å². The van der Waals surface area contributed by atoms with Crippen LogP contribution < -0.4 is 20.3 Å². The minimum absolute atomic E-state index is 0.0820. The highest BCUT2D eigenvalue weighted by molar-refractivity contribution is 5.94. The molecule has 1 aliphatic rings. The average molecular weight is 410 g/mol. The Morgan fingerprint density at radius 3 is 2.57 bits per heavy atom. The zero-order chi connectivity index (χ0) is 21.3. The predicted molar refractivity (Wildman–Crippen MR) is 121 cm³/mol. The van der Waals surface area contributed by atoms with E-state index in [1.807, 2.05) is 36.4 Å². The number of nitrogens with one attached hydrogen (secondary N) is 2. The van der Waals surface area contributed by atoms with Crippen LogP contribution in [-0.2, 0) is 6.54 Å². The van der Waals surface area contributed by atoms with E-state index in [4.69, 9.17) is 9.73 Å². The largest absolute Gasteiger partial charge is 0.497 e. The molecule has 30 heavy (non-hydrogen) atoms. The molecule has 0 bridgehead atoms. The molecule has 2 aromatic carbocycles. The number of hydrogen-bond acceptors (Lipinski definition) is 4. The Bertz CT molecular complexity index is 875. The van der Waals surface area contributed by atoms with E-state index >= 15 is 0 Å². The summed E-state index contributed by atoms with van der Waals surface area (Å²) in [5.41, 5.74) is 2.85. The maximum atomic E-state index is 11.9. The van der Waals surface area contributed by atoms with E-state index in [0.717, 1.165) is 50.0 Å². The minimum atomic E-state index is -0.0820. The summed E-state index contributed by atoms with van der Waals surface area (Å²) in [7, 11) is 3.34. The Hall–Kier alpha value is -3.22. The van der Waals surface area contributed by atoms with Crippen molar-refractivity contribution < 1.29 is 9.53 Å². The van der Waals surface area contributed by atoms with Crippen LogP contribution in [-0.4, -0.2) is 63.6 Å². The lowest BCUT2D eigenvalue weighted by molar-refractivity contribution is 0.0963. The summed E-state index contributed by atoms with van der Waals surface area (Å²) < 4.78 is 5.35. The van der Waals surface area contributed by atoms with Crippen molar-refractivity contribution in [3.63, 3.8) is 0 Å². The molecule has 7 heteroatoms. The van der Waals surface area contributed by atoms with Crippen LogP contribution in [0, 0.1) is 0 Å². The number of nitrogens with zero attached hydrogens (tertiary/aromatic N) is 3. The number of amides is 1. The van der Waals surface area contributed by atoms with Gasteiger partial charge >= 0.3 is 0 Å². The van der Waals surface area contributed by atoms with Crippen molar-refractivity contribution >= 4 is 17.6 Å². The van der Waals surface area contributed by atoms with Gasteiger partial charge in [0.2, 0.25) is 0 Å². The first-order valence-electron chi connectivity index (χ1n) is 10.4. The zero-order valence-corrected chi connectivity index (χ0v) is 18.0. The van der Waals surface area contributed by atoms with Crippen LogP contribution in [0.2, 0.25) is 0 Å². The number of ether oxygens (including phenoxy) is 1. The van der Waals surface area contributed by atoms with Crippen molar-refractivity contribution in [3.8, 4) is 5.75 Å². The lowest BCUT2D eigenvalue weighted by Crippen LogP contribution is -2.52. The molecular weight excluding hydrogens is 378 g/mol. The molecule has 160 valence electrons. The van der Waals surface area contributed by atoms with Gasteiger partial charge in [0.05, 0.1) is 13.7 Å². The SMILES string of the molecule is CCNC(=NCc1cccc(C(=O)NC)c1)N1CCN(c2cccc(OC)c2)CC1. The summed E-state index contributed by atoms with van der Waals surface area (Å²) in [6, 6.07) is 15.8. The maximum absolute atomic E-state index is 11.9. The Kier molecular flexibility index (Phi) is 7.54. The number of carbonyl (C=O) groups excluding carboxylic acids is 1.